The van der Waals surface area contributed by atoms with Gasteiger partial charge in [-0.1, -0.05) is 30.3 Å². The Labute approximate surface area is 154 Å². The molecule has 6 aromatic rings. The van der Waals surface area contributed by atoms with Crippen molar-refractivity contribution in [2.75, 3.05) is 0 Å². The lowest BCUT2D eigenvalue weighted by Gasteiger charge is -2.09. The van der Waals surface area contributed by atoms with Gasteiger partial charge in [-0.2, -0.15) is 5.26 Å². The quantitative estimate of drug-likeness (QED) is 0.303. The summed E-state index contributed by atoms with van der Waals surface area (Å²) in [7, 11) is 0. The molecule has 0 N–H and O–H groups in total. The van der Waals surface area contributed by atoms with Gasteiger partial charge >= 0.3 is 0 Å². The first-order chi connectivity index (χ1) is 13.3. The number of nitriles is 1. The average Bonchev–Trinajstić information content (AvgIpc) is 3.09. The predicted molar refractivity (Wildman–Crippen MR) is 109 cm³/mol. The van der Waals surface area contributed by atoms with Crippen LogP contribution in [0.15, 0.2) is 77.3 Å². The molecule has 0 aliphatic rings. The molecule has 3 nitrogen and oxygen atoms in total. The Bertz CT molecular complexity index is 1590. The maximum absolute atomic E-state index is 9.16. The third-order valence-corrected chi connectivity index (χ3v) is 5.31. The van der Waals surface area contributed by atoms with Gasteiger partial charge in [0.15, 0.2) is 0 Å². The second-order valence-corrected chi connectivity index (χ2v) is 6.76. The van der Waals surface area contributed by atoms with Crippen LogP contribution in [0.5, 0.6) is 0 Å². The molecule has 0 aliphatic heterocycles. The van der Waals surface area contributed by atoms with E-state index in [1.807, 2.05) is 24.4 Å². The summed E-state index contributed by atoms with van der Waals surface area (Å²) in [6.07, 6.45) is 1.83. The van der Waals surface area contributed by atoms with Crippen molar-refractivity contribution in [3.05, 3.63) is 78.5 Å². The fraction of sp³-hybridized carbons (Fsp3) is 0. The zero-order chi connectivity index (χ0) is 18.0. The molecule has 124 valence electrons. The summed E-state index contributed by atoms with van der Waals surface area (Å²) in [6, 6.07) is 24.6. The second-order valence-electron chi connectivity index (χ2n) is 6.76. The van der Waals surface area contributed by atoms with Crippen LogP contribution in [0.3, 0.4) is 0 Å². The van der Waals surface area contributed by atoms with E-state index >= 15 is 0 Å². The normalized spacial score (nSPS) is 11.7. The van der Waals surface area contributed by atoms with Gasteiger partial charge in [0.1, 0.15) is 11.2 Å². The number of furan rings is 1. The van der Waals surface area contributed by atoms with Gasteiger partial charge in [0, 0.05) is 27.7 Å². The summed E-state index contributed by atoms with van der Waals surface area (Å²) in [4.78, 5) is 4.66. The van der Waals surface area contributed by atoms with E-state index in [-0.39, 0.29) is 0 Å². The van der Waals surface area contributed by atoms with Crippen LogP contribution in [0.1, 0.15) is 5.56 Å². The van der Waals surface area contributed by atoms with Gasteiger partial charge in [-0.3, -0.25) is 4.98 Å². The van der Waals surface area contributed by atoms with Gasteiger partial charge in [0.25, 0.3) is 0 Å². The second kappa shape index (κ2) is 5.06. The first kappa shape index (κ1) is 14.3. The van der Waals surface area contributed by atoms with Crippen molar-refractivity contribution in [1.82, 2.24) is 4.98 Å². The van der Waals surface area contributed by atoms with E-state index < -0.39 is 0 Å². The SMILES string of the molecule is N#Cc1ccc2c(c1)oc1cc3c(cc12)c1ccccc1c1cccnc13. The molecule has 27 heavy (non-hydrogen) atoms. The van der Waals surface area contributed by atoms with Crippen molar-refractivity contribution < 1.29 is 4.42 Å². The van der Waals surface area contributed by atoms with Crippen molar-refractivity contribution in [2.24, 2.45) is 0 Å². The molecule has 2 heterocycles. The molecule has 0 spiro atoms. The van der Waals surface area contributed by atoms with E-state index in [0.29, 0.717) is 5.56 Å². The minimum Gasteiger partial charge on any atom is -0.456 e. The third kappa shape index (κ3) is 1.87. The number of aromatic nitrogens is 1. The molecule has 3 heteroatoms. The van der Waals surface area contributed by atoms with E-state index in [0.717, 1.165) is 43.6 Å². The van der Waals surface area contributed by atoms with Crippen LogP contribution in [-0.2, 0) is 0 Å². The standard InChI is InChI=1S/C24H12N2O/c25-13-14-7-8-17-20-11-19-16-5-2-1-4-15(16)18-6-3-9-26-24(18)21(19)12-23(20)27-22(17)10-14/h1-12H. The summed E-state index contributed by atoms with van der Waals surface area (Å²) in [5.74, 6) is 0. The highest BCUT2D eigenvalue weighted by Crippen LogP contribution is 2.39. The summed E-state index contributed by atoms with van der Waals surface area (Å²) in [5.41, 5.74) is 3.13. The van der Waals surface area contributed by atoms with Crippen molar-refractivity contribution in [2.45, 2.75) is 0 Å². The highest BCUT2D eigenvalue weighted by molar-refractivity contribution is 6.27. The molecule has 0 unspecified atom stereocenters. The zero-order valence-corrected chi connectivity index (χ0v) is 14.2. The number of benzene rings is 4. The van der Waals surface area contributed by atoms with Crippen molar-refractivity contribution in [3.8, 4) is 6.07 Å². The average molecular weight is 344 g/mol. The lowest BCUT2D eigenvalue weighted by atomic mass is 9.96. The Morgan fingerprint density at radius 3 is 2.30 bits per heavy atom. The molecule has 4 aromatic carbocycles. The minimum atomic E-state index is 0.601. The number of pyridine rings is 1. The largest absolute Gasteiger partial charge is 0.456 e. The first-order valence-electron chi connectivity index (χ1n) is 8.79. The maximum atomic E-state index is 9.16. The fourth-order valence-electron chi connectivity index (χ4n) is 4.10. The first-order valence-corrected chi connectivity index (χ1v) is 8.79. The van der Waals surface area contributed by atoms with Gasteiger partial charge in [0.2, 0.25) is 0 Å². The minimum absolute atomic E-state index is 0.601. The van der Waals surface area contributed by atoms with Crippen molar-refractivity contribution in [3.63, 3.8) is 0 Å². The van der Waals surface area contributed by atoms with Crippen LogP contribution in [0.25, 0.3) is 54.4 Å². The monoisotopic (exact) mass is 344 g/mol. The van der Waals surface area contributed by atoms with E-state index in [1.54, 1.807) is 6.07 Å². The Kier molecular flexibility index (Phi) is 2.68. The molecule has 0 radical (unpaired) electrons. The van der Waals surface area contributed by atoms with Gasteiger partial charge in [-0.25, -0.2) is 0 Å². The van der Waals surface area contributed by atoms with Gasteiger partial charge in [-0.15, -0.1) is 0 Å². The molecule has 0 aliphatic carbocycles. The Hall–Kier alpha value is -3.90. The Morgan fingerprint density at radius 1 is 0.667 bits per heavy atom. The molecule has 6 rings (SSSR count). The Balaban J connectivity index is 1.89. The lowest BCUT2D eigenvalue weighted by molar-refractivity contribution is 0.669. The lowest BCUT2D eigenvalue weighted by Crippen LogP contribution is -1.85. The van der Waals surface area contributed by atoms with E-state index in [9.17, 15) is 0 Å². The van der Waals surface area contributed by atoms with Gasteiger partial charge in [0.05, 0.1) is 17.1 Å². The third-order valence-electron chi connectivity index (χ3n) is 5.31. The molecule has 0 bridgehead atoms. The number of nitrogens with zero attached hydrogens (tertiary/aromatic N) is 2. The number of rotatable bonds is 0. The number of hydrogen-bond donors (Lipinski definition) is 0. The zero-order valence-electron chi connectivity index (χ0n) is 14.2. The Morgan fingerprint density at radius 2 is 1.44 bits per heavy atom. The van der Waals surface area contributed by atoms with Crippen LogP contribution >= 0.6 is 0 Å². The highest BCUT2D eigenvalue weighted by Gasteiger charge is 2.14. The molecule has 0 amide bonds. The van der Waals surface area contributed by atoms with Crippen LogP contribution in [0, 0.1) is 11.3 Å². The molecule has 0 fully saturated rings. The summed E-state index contributed by atoms with van der Waals surface area (Å²) in [5, 5.41) is 17.0. The van der Waals surface area contributed by atoms with Crippen LogP contribution < -0.4 is 0 Å². The van der Waals surface area contributed by atoms with E-state index in [2.05, 4.69) is 53.5 Å². The highest BCUT2D eigenvalue weighted by atomic mass is 16.3. The molecule has 2 aromatic heterocycles. The number of hydrogen-bond acceptors (Lipinski definition) is 3. The summed E-state index contributed by atoms with van der Waals surface area (Å²) < 4.78 is 6.09. The molecular formula is C24H12N2O. The van der Waals surface area contributed by atoms with Crippen LogP contribution in [0.4, 0.5) is 0 Å². The fourth-order valence-corrected chi connectivity index (χ4v) is 4.10. The topological polar surface area (TPSA) is 49.8 Å². The molecular weight excluding hydrogens is 332 g/mol. The molecule has 0 atom stereocenters. The van der Waals surface area contributed by atoms with E-state index in [4.69, 9.17) is 9.68 Å². The molecule has 0 saturated carbocycles. The van der Waals surface area contributed by atoms with Gasteiger partial charge < -0.3 is 4.42 Å². The predicted octanol–water partition coefficient (Wildman–Crippen LogP) is 6.31. The number of fused-ring (bicyclic) bond motifs is 9. The summed E-state index contributed by atoms with van der Waals surface area (Å²) in [6.45, 7) is 0. The van der Waals surface area contributed by atoms with E-state index in [1.165, 1.54) is 10.8 Å². The summed E-state index contributed by atoms with van der Waals surface area (Å²) >= 11 is 0. The van der Waals surface area contributed by atoms with Crippen molar-refractivity contribution >= 4 is 54.4 Å². The maximum Gasteiger partial charge on any atom is 0.136 e. The molecule has 0 saturated heterocycles. The van der Waals surface area contributed by atoms with Crippen LogP contribution in [-0.4, -0.2) is 4.98 Å². The smallest absolute Gasteiger partial charge is 0.136 e. The van der Waals surface area contributed by atoms with Gasteiger partial charge in [-0.05, 0) is 52.6 Å². The van der Waals surface area contributed by atoms with Crippen LogP contribution in [0.2, 0.25) is 0 Å². The van der Waals surface area contributed by atoms with Crippen molar-refractivity contribution in [1.29, 1.82) is 5.26 Å².